The van der Waals surface area contributed by atoms with Gasteiger partial charge in [0.05, 0.1) is 12.9 Å². The Morgan fingerprint density at radius 3 is 3.00 bits per heavy atom. The summed E-state index contributed by atoms with van der Waals surface area (Å²) in [7, 11) is 0. The van der Waals surface area contributed by atoms with Crippen LogP contribution in [0, 0.1) is 0 Å². The number of nitrogen functional groups attached to an aromatic ring is 1. The van der Waals surface area contributed by atoms with Gasteiger partial charge in [0.15, 0.2) is 23.8 Å². The van der Waals surface area contributed by atoms with E-state index in [1.54, 1.807) is 4.57 Å². The molecule has 0 spiro atoms. The number of aliphatic hydroxyl groups excluding tert-OH is 2. The number of fused-ring (bicyclic) bond motifs is 1. The van der Waals surface area contributed by atoms with E-state index < -0.39 is 24.5 Å². The average molecular weight is 311 g/mol. The molecule has 4 atom stereocenters. The molecule has 2 aromatic heterocycles. The first-order chi connectivity index (χ1) is 10.2. The molecule has 2 aromatic rings. The molecular formula is C11H13N5O4S. The van der Waals surface area contributed by atoms with Crippen molar-refractivity contribution < 1.29 is 19.7 Å². The smallest absolute Gasteiger partial charge is 0.176 e. The Bertz CT molecular complexity index is 665. The summed E-state index contributed by atoms with van der Waals surface area (Å²) in [6.07, 6.45) is -0.571. The van der Waals surface area contributed by atoms with E-state index in [2.05, 4.69) is 27.2 Å². The molecule has 0 unspecified atom stereocenters. The van der Waals surface area contributed by atoms with Gasteiger partial charge in [-0.1, -0.05) is 0 Å². The predicted molar refractivity (Wildman–Crippen MR) is 75.3 cm³/mol. The van der Waals surface area contributed by atoms with Crippen molar-refractivity contribution in [3.63, 3.8) is 0 Å². The first-order valence-electron chi connectivity index (χ1n) is 6.14. The molecule has 0 bridgehead atoms. The molecule has 3 rings (SSSR count). The van der Waals surface area contributed by atoms with Crippen LogP contribution in [-0.2, 0) is 9.47 Å². The number of hydrogen-bond acceptors (Lipinski definition) is 9. The molecule has 4 N–H and O–H groups in total. The highest BCUT2D eigenvalue weighted by Crippen LogP contribution is 2.33. The van der Waals surface area contributed by atoms with Crippen LogP contribution in [0.5, 0.6) is 0 Å². The lowest BCUT2D eigenvalue weighted by Gasteiger charge is -2.20. The fraction of sp³-hybridized carbons (Fsp3) is 0.455. The summed E-state index contributed by atoms with van der Waals surface area (Å²) in [5.74, 6) is 0.239. The van der Waals surface area contributed by atoms with E-state index in [0.29, 0.717) is 11.2 Å². The second kappa shape index (κ2) is 5.48. The average Bonchev–Trinajstić information content (AvgIpc) is 3.03. The van der Waals surface area contributed by atoms with Crippen LogP contribution in [0.4, 0.5) is 5.82 Å². The first kappa shape index (κ1) is 14.1. The zero-order valence-corrected chi connectivity index (χ0v) is 11.6. The third kappa shape index (κ3) is 2.21. The predicted octanol–water partition coefficient (Wildman–Crippen LogP) is -0.999. The van der Waals surface area contributed by atoms with Crippen molar-refractivity contribution in [2.45, 2.75) is 24.5 Å². The molecular weight excluding hydrogens is 298 g/mol. The lowest BCUT2D eigenvalue weighted by Crippen LogP contribution is -2.35. The standard InChI is InChI=1S/C11H13N5O4S/c12-9-6-10(14-2-13-9)16(3-15-6)11-8(19-4-21)7(18)5(1-17)20-11/h2-5,7-8,11,17-18H,1H2,(H2,12,13,14)/t5-,7-,8-,11-/m1/s1. The Morgan fingerprint density at radius 1 is 1.48 bits per heavy atom. The Kier molecular flexibility index (Phi) is 3.68. The fourth-order valence-electron chi connectivity index (χ4n) is 2.36. The Labute approximate surface area is 124 Å². The highest BCUT2D eigenvalue weighted by atomic mass is 32.1. The minimum absolute atomic E-state index is 0.239. The van der Waals surface area contributed by atoms with Gasteiger partial charge in [-0.3, -0.25) is 4.57 Å². The zero-order valence-electron chi connectivity index (χ0n) is 10.7. The normalized spacial score (nSPS) is 28.9. The molecule has 3 heterocycles. The van der Waals surface area contributed by atoms with Crippen molar-refractivity contribution in [1.29, 1.82) is 0 Å². The van der Waals surface area contributed by atoms with Crippen LogP contribution in [0.1, 0.15) is 6.23 Å². The molecule has 1 aliphatic rings. The number of hydrogen-bond donors (Lipinski definition) is 3. The number of rotatable bonds is 4. The first-order valence-corrected chi connectivity index (χ1v) is 6.61. The molecule has 112 valence electrons. The number of imidazole rings is 1. The Hall–Kier alpha value is -1.88. The third-order valence-corrected chi connectivity index (χ3v) is 3.48. The molecule has 0 saturated carbocycles. The molecule has 1 aliphatic heterocycles. The van der Waals surface area contributed by atoms with Gasteiger partial charge in [-0.15, -0.1) is 0 Å². The third-order valence-electron chi connectivity index (χ3n) is 3.37. The van der Waals surface area contributed by atoms with Crippen LogP contribution in [-0.4, -0.2) is 60.2 Å². The quantitative estimate of drug-likeness (QED) is 0.609. The fourth-order valence-corrected chi connectivity index (χ4v) is 2.49. The number of aromatic nitrogens is 4. The van der Waals surface area contributed by atoms with Gasteiger partial charge in [-0.25, -0.2) is 15.0 Å². The van der Waals surface area contributed by atoms with Gasteiger partial charge < -0.3 is 25.4 Å². The second-order valence-corrected chi connectivity index (χ2v) is 4.71. The van der Waals surface area contributed by atoms with Gasteiger partial charge in [0.25, 0.3) is 0 Å². The van der Waals surface area contributed by atoms with Crippen molar-refractivity contribution in [3.8, 4) is 0 Å². The molecule has 0 radical (unpaired) electrons. The van der Waals surface area contributed by atoms with Crippen molar-refractivity contribution in [2.24, 2.45) is 0 Å². The molecule has 21 heavy (non-hydrogen) atoms. The molecule has 1 saturated heterocycles. The van der Waals surface area contributed by atoms with Crippen LogP contribution >= 0.6 is 12.2 Å². The SMILES string of the molecule is Nc1ncnc2c1ncn2[C@@H]1O[C@H](CO)[C@@H](O)[C@H]1OC=S. The van der Waals surface area contributed by atoms with E-state index in [1.165, 1.54) is 12.7 Å². The second-order valence-electron chi connectivity index (χ2n) is 4.52. The summed E-state index contributed by atoms with van der Waals surface area (Å²) >= 11 is 4.67. The molecule has 0 aromatic carbocycles. The van der Waals surface area contributed by atoms with Gasteiger partial charge in [-0.05, 0) is 12.2 Å². The van der Waals surface area contributed by atoms with Crippen molar-refractivity contribution in [1.82, 2.24) is 19.5 Å². The van der Waals surface area contributed by atoms with Crippen molar-refractivity contribution >= 4 is 34.8 Å². The highest BCUT2D eigenvalue weighted by Gasteiger charge is 2.46. The van der Waals surface area contributed by atoms with Crippen LogP contribution in [0.2, 0.25) is 0 Å². The summed E-state index contributed by atoms with van der Waals surface area (Å²) in [5, 5.41) is 19.4. The maximum Gasteiger partial charge on any atom is 0.176 e. The van der Waals surface area contributed by atoms with Gasteiger partial charge in [-0.2, -0.15) is 0 Å². The molecule has 10 heteroatoms. The number of thiocarbonyl (C=S) groups is 1. The number of nitrogens with zero attached hydrogens (tertiary/aromatic N) is 4. The van der Waals surface area contributed by atoms with Crippen LogP contribution in [0.25, 0.3) is 11.2 Å². The maximum atomic E-state index is 10.1. The minimum atomic E-state index is -1.03. The Balaban J connectivity index is 2.04. The minimum Gasteiger partial charge on any atom is -0.479 e. The summed E-state index contributed by atoms with van der Waals surface area (Å²) < 4.78 is 12.4. The van der Waals surface area contributed by atoms with Gasteiger partial charge in [0.2, 0.25) is 0 Å². The monoisotopic (exact) mass is 311 g/mol. The summed E-state index contributed by atoms with van der Waals surface area (Å²) in [6.45, 7) is -0.349. The summed E-state index contributed by atoms with van der Waals surface area (Å²) in [6, 6.07) is 0. The lowest BCUT2D eigenvalue weighted by molar-refractivity contribution is -0.0490. The van der Waals surface area contributed by atoms with E-state index in [-0.39, 0.29) is 12.4 Å². The number of anilines is 1. The molecule has 0 amide bonds. The van der Waals surface area contributed by atoms with Crippen molar-refractivity contribution in [3.05, 3.63) is 12.7 Å². The van der Waals surface area contributed by atoms with Gasteiger partial charge >= 0.3 is 0 Å². The Morgan fingerprint density at radius 2 is 2.29 bits per heavy atom. The molecule has 1 fully saturated rings. The van der Waals surface area contributed by atoms with E-state index in [4.69, 9.17) is 15.2 Å². The van der Waals surface area contributed by atoms with Gasteiger partial charge in [0, 0.05) is 0 Å². The van der Waals surface area contributed by atoms with E-state index in [9.17, 15) is 10.2 Å². The molecule has 0 aliphatic carbocycles. The van der Waals surface area contributed by atoms with Crippen LogP contribution in [0.3, 0.4) is 0 Å². The molecule has 9 nitrogen and oxygen atoms in total. The summed E-state index contributed by atoms with van der Waals surface area (Å²) in [4.78, 5) is 12.1. The largest absolute Gasteiger partial charge is 0.479 e. The van der Waals surface area contributed by atoms with Gasteiger partial charge in [0.1, 0.15) is 29.6 Å². The number of nitrogens with two attached hydrogens (primary N) is 1. The highest BCUT2D eigenvalue weighted by molar-refractivity contribution is 7.78. The number of aliphatic hydroxyl groups is 2. The lowest BCUT2D eigenvalue weighted by atomic mass is 10.1. The number of ether oxygens (including phenoxy) is 2. The van der Waals surface area contributed by atoms with E-state index in [0.717, 1.165) is 5.55 Å². The van der Waals surface area contributed by atoms with Crippen LogP contribution < -0.4 is 5.73 Å². The van der Waals surface area contributed by atoms with E-state index >= 15 is 0 Å². The summed E-state index contributed by atoms with van der Waals surface area (Å²) in [5.41, 5.74) is 7.64. The van der Waals surface area contributed by atoms with Crippen molar-refractivity contribution in [2.75, 3.05) is 12.3 Å². The van der Waals surface area contributed by atoms with Crippen LogP contribution in [0.15, 0.2) is 12.7 Å². The van der Waals surface area contributed by atoms with E-state index in [1.807, 2.05) is 0 Å². The maximum absolute atomic E-state index is 10.1. The zero-order chi connectivity index (χ0) is 15.0. The topological polar surface area (TPSA) is 129 Å².